The highest BCUT2D eigenvalue weighted by Crippen LogP contribution is 2.36. The van der Waals surface area contributed by atoms with Crippen molar-refractivity contribution in [3.8, 4) is 0 Å². The van der Waals surface area contributed by atoms with Crippen LogP contribution in [0.5, 0.6) is 0 Å². The zero-order valence-corrected chi connectivity index (χ0v) is 16.7. The summed E-state index contributed by atoms with van der Waals surface area (Å²) in [6, 6.07) is 12.0. The van der Waals surface area contributed by atoms with Crippen LogP contribution in [0.15, 0.2) is 36.4 Å². The lowest BCUT2D eigenvalue weighted by molar-refractivity contribution is -0.119. The number of ether oxygens (including phenoxy) is 1. The van der Waals surface area contributed by atoms with Crippen LogP contribution in [0, 0.1) is 5.92 Å². The van der Waals surface area contributed by atoms with Gasteiger partial charge in [-0.3, -0.25) is 4.79 Å². The van der Waals surface area contributed by atoms with Crippen LogP contribution in [0.2, 0.25) is 0 Å². The lowest BCUT2D eigenvalue weighted by Crippen LogP contribution is -2.21. The zero-order chi connectivity index (χ0) is 19.1. The Morgan fingerprint density at radius 3 is 2.46 bits per heavy atom. The van der Waals surface area contributed by atoms with E-state index in [0.29, 0.717) is 17.2 Å². The highest BCUT2D eigenvalue weighted by molar-refractivity contribution is 7.16. The standard InChI is InChI=1S/C21H27NO3S/c1-5-10-14(3)19(23)22-20-17(21(24)25-6-2)13-18(26-20)15(4)16-11-8-7-9-12-16/h7-9,11-15H,5-6,10H2,1-4H3,(H,22,23)/t14-,15-/m0/s1. The minimum Gasteiger partial charge on any atom is -0.462 e. The maximum atomic E-state index is 12.4. The molecular weight excluding hydrogens is 346 g/mol. The van der Waals surface area contributed by atoms with Crippen molar-refractivity contribution in [3.05, 3.63) is 52.4 Å². The van der Waals surface area contributed by atoms with Gasteiger partial charge in [-0.25, -0.2) is 4.79 Å². The lowest BCUT2D eigenvalue weighted by atomic mass is 9.99. The SMILES string of the molecule is CCC[C@H](C)C(=O)Nc1sc([C@@H](C)c2ccccc2)cc1C(=O)OCC. The average molecular weight is 374 g/mol. The molecule has 2 rings (SSSR count). The van der Waals surface area contributed by atoms with E-state index in [1.807, 2.05) is 31.2 Å². The predicted octanol–water partition coefficient (Wildman–Crippen LogP) is 5.45. The Morgan fingerprint density at radius 1 is 1.15 bits per heavy atom. The van der Waals surface area contributed by atoms with Crippen LogP contribution < -0.4 is 5.32 Å². The number of amides is 1. The molecule has 26 heavy (non-hydrogen) atoms. The van der Waals surface area contributed by atoms with E-state index in [1.165, 1.54) is 16.9 Å². The van der Waals surface area contributed by atoms with Gasteiger partial charge in [0.2, 0.25) is 5.91 Å². The van der Waals surface area contributed by atoms with Crippen LogP contribution in [-0.2, 0) is 9.53 Å². The summed E-state index contributed by atoms with van der Waals surface area (Å²) in [6.45, 7) is 8.14. The number of benzene rings is 1. The molecule has 5 heteroatoms. The molecule has 0 aliphatic heterocycles. The summed E-state index contributed by atoms with van der Waals surface area (Å²) in [7, 11) is 0. The molecule has 0 saturated heterocycles. The maximum Gasteiger partial charge on any atom is 0.341 e. The molecule has 4 nitrogen and oxygen atoms in total. The van der Waals surface area contributed by atoms with E-state index in [2.05, 4.69) is 31.3 Å². The van der Waals surface area contributed by atoms with Crippen LogP contribution in [-0.4, -0.2) is 18.5 Å². The molecule has 0 saturated carbocycles. The number of rotatable bonds is 8. The third-order valence-corrected chi connectivity index (χ3v) is 5.61. The fraction of sp³-hybridized carbons (Fsp3) is 0.429. The van der Waals surface area contributed by atoms with Gasteiger partial charge in [0.25, 0.3) is 0 Å². The number of carbonyl (C=O) groups is 2. The van der Waals surface area contributed by atoms with Gasteiger partial charge in [-0.15, -0.1) is 11.3 Å². The second-order valence-corrected chi connectivity index (χ2v) is 7.51. The molecular formula is C21H27NO3S. The van der Waals surface area contributed by atoms with E-state index in [-0.39, 0.29) is 17.7 Å². The largest absolute Gasteiger partial charge is 0.462 e. The van der Waals surface area contributed by atoms with E-state index >= 15 is 0 Å². The van der Waals surface area contributed by atoms with Gasteiger partial charge in [-0.2, -0.15) is 0 Å². The van der Waals surface area contributed by atoms with Crippen LogP contribution in [0.4, 0.5) is 5.00 Å². The molecule has 1 heterocycles. The van der Waals surface area contributed by atoms with Gasteiger partial charge < -0.3 is 10.1 Å². The minimum absolute atomic E-state index is 0.0573. The molecule has 2 atom stereocenters. The summed E-state index contributed by atoms with van der Waals surface area (Å²) >= 11 is 1.45. The number of thiophene rings is 1. The molecule has 140 valence electrons. The first-order chi connectivity index (χ1) is 12.5. The number of esters is 1. The third kappa shape index (κ3) is 4.94. The smallest absolute Gasteiger partial charge is 0.341 e. The van der Waals surface area contributed by atoms with Crippen LogP contribution >= 0.6 is 11.3 Å². The Kier molecular flexibility index (Phi) is 7.39. The van der Waals surface area contributed by atoms with Crippen LogP contribution in [0.1, 0.15) is 67.3 Å². The quantitative estimate of drug-likeness (QED) is 0.626. The van der Waals surface area contributed by atoms with Crippen molar-refractivity contribution in [1.82, 2.24) is 0 Å². The zero-order valence-electron chi connectivity index (χ0n) is 15.9. The first-order valence-corrected chi connectivity index (χ1v) is 9.96. The number of nitrogens with one attached hydrogen (secondary N) is 1. The summed E-state index contributed by atoms with van der Waals surface area (Å²) in [4.78, 5) is 25.8. The highest BCUT2D eigenvalue weighted by atomic mass is 32.1. The lowest BCUT2D eigenvalue weighted by Gasteiger charge is -2.11. The number of anilines is 1. The van der Waals surface area contributed by atoms with Crippen molar-refractivity contribution in [2.75, 3.05) is 11.9 Å². The number of hydrogen-bond donors (Lipinski definition) is 1. The summed E-state index contributed by atoms with van der Waals surface area (Å²) in [6.07, 6.45) is 1.76. The van der Waals surface area contributed by atoms with Gasteiger partial charge in [0, 0.05) is 16.7 Å². The first kappa shape index (κ1) is 20.2. The second kappa shape index (κ2) is 9.53. The fourth-order valence-corrected chi connectivity index (χ4v) is 3.91. The molecule has 0 unspecified atom stereocenters. The number of hydrogen-bond acceptors (Lipinski definition) is 4. The van der Waals surface area contributed by atoms with Gasteiger partial charge in [0.15, 0.2) is 0 Å². The van der Waals surface area contributed by atoms with E-state index in [4.69, 9.17) is 4.74 Å². The highest BCUT2D eigenvalue weighted by Gasteiger charge is 2.23. The molecule has 1 aromatic carbocycles. The molecule has 0 fully saturated rings. The molecule has 0 bridgehead atoms. The van der Waals surface area contributed by atoms with E-state index in [0.717, 1.165) is 17.7 Å². The van der Waals surface area contributed by atoms with Gasteiger partial charge in [-0.1, -0.05) is 57.5 Å². The Balaban J connectivity index is 2.31. The predicted molar refractivity (Wildman–Crippen MR) is 107 cm³/mol. The Bertz CT molecular complexity index is 739. The molecule has 2 aromatic rings. The summed E-state index contributed by atoms with van der Waals surface area (Å²) in [5, 5.41) is 3.52. The molecule has 0 aliphatic carbocycles. The summed E-state index contributed by atoms with van der Waals surface area (Å²) in [5.74, 6) is -0.410. The van der Waals surface area contributed by atoms with Gasteiger partial charge in [-0.05, 0) is 25.0 Å². The topological polar surface area (TPSA) is 55.4 Å². The molecule has 0 radical (unpaired) electrons. The van der Waals surface area contributed by atoms with Crippen molar-refractivity contribution < 1.29 is 14.3 Å². The van der Waals surface area contributed by atoms with Crippen molar-refractivity contribution >= 4 is 28.2 Å². The number of carbonyl (C=O) groups excluding carboxylic acids is 2. The minimum atomic E-state index is -0.395. The second-order valence-electron chi connectivity index (χ2n) is 6.42. The maximum absolute atomic E-state index is 12.4. The molecule has 1 amide bonds. The summed E-state index contributed by atoms with van der Waals surface area (Å²) in [5.41, 5.74) is 1.60. The molecule has 1 aromatic heterocycles. The molecule has 0 aliphatic rings. The summed E-state index contributed by atoms with van der Waals surface area (Å²) < 4.78 is 5.17. The average Bonchev–Trinajstić information content (AvgIpc) is 3.06. The fourth-order valence-electron chi connectivity index (χ4n) is 2.78. The first-order valence-electron chi connectivity index (χ1n) is 9.14. The van der Waals surface area contributed by atoms with Crippen molar-refractivity contribution in [2.45, 2.75) is 46.5 Å². The van der Waals surface area contributed by atoms with Gasteiger partial charge in [0.1, 0.15) is 5.00 Å². The van der Waals surface area contributed by atoms with Crippen molar-refractivity contribution in [2.24, 2.45) is 5.92 Å². The van der Waals surface area contributed by atoms with Gasteiger partial charge >= 0.3 is 5.97 Å². The molecule has 1 N–H and O–H groups in total. The van der Waals surface area contributed by atoms with E-state index in [1.54, 1.807) is 6.92 Å². The Morgan fingerprint density at radius 2 is 1.85 bits per heavy atom. The Hall–Kier alpha value is -2.14. The van der Waals surface area contributed by atoms with E-state index < -0.39 is 5.97 Å². The Labute approximate surface area is 159 Å². The molecule has 0 spiro atoms. The van der Waals surface area contributed by atoms with Crippen LogP contribution in [0.3, 0.4) is 0 Å². The van der Waals surface area contributed by atoms with Crippen molar-refractivity contribution in [3.63, 3.8) is 0 Å². The van der Waals surface area contributed by atoms with Gasteiger partial charge in [0.05, 0.1) is 12.2 Å². The third-order valence-electron chi connectivity index (χ3n) is 4.38. The van der Waals surface area contributed by atoms with Crippen LogP contribution in [0.25, 0.3) is 0 Å². The van der Waals surface area contributed by atoms with Crippen molar-refractivity contribution in [1.29, 1.82) is 0 Å². The monoisotopic (exact) mass is 373 g/mol. The normalized spacial score (nSPS) is 13.1. The van der Waals surface area contributed by atoms with E-state index in [9.17, 15) is 9.59 Å².